The Kier molecular flexibility index (Phi) is 3.33. The molecule has 0 saturated carbocycles. The molecular weight excluding hydrogens is 263 g/mol. The van der Waals surface area contributed by atoms with Crippen molar-refractivity contribution >= 4 is 5.69 Å². The summed E-state index contributed by atoms with van der Waals surface area (Å²) in [6, 6.07) is 6.46. The van der Waals surface area contributed by atoms with Gasteiger partial charge in [-0.1, -0.05) is 29.3 Å². The molecule has 0 aliphatic carbocycles. The summed E-state index contributed by atoms with van der Waals surface area (Å²) in [6.07, 6.45) is 1.14. The van der Waals surface area contributed by atoms with Crippen LogP contribution >= 0.6 is 0 Å². The number of hydrogen-bond acceptors (Lipinski definition) is 0. The van der Waals surface area contributed by atoms with E-state index >= 15 is 0 Å². The molecule has 0 amide bonds. The molecule has 1 radical (unpaired) electrons. The molecule has 2 rings (SSSR count). The average molecular weight is 273 g/mol. The number of hydrogen-bond donors (Lipinski definition) is 0. The molecule has 0 spiro atoms. The Morgan fingerprint density at radius 3 is 3.00 bits per heavy atom. The summed E-state index contributed by atoms with van der Waals surface area (Å²) in [4.78, 5) is 0. The van der Waals surface area contributed by atoms with E-state index < -0.39 is 0 Å². The molecule has 0 unspecified atom stereocenters. The number of benzene rings is 1. The van der Waals surface area contributed by atoms with Crippen molar-refractivity contribution in [3.8, 4) is 0 Å². The Labute approximate surface area is 101 Å². The Morgan fingerprint density at radius 2 is 2.18 bits per heavy atom. The van der Waals surface area contributed by atoms with Crippen molar-refractivity contribution in [2.24, 2.45) is 0 Å². The van der Waals surface area contributed by atoms with Gasteiger partial charge >= 0.3 is 0 Å². The van der Waals surface area contributed by atoms with Crippen LogP contribution in [0.5, 0.6) is 0 Å². The molecule has 1 aromatic rings. The first-order valence-electron chi connectivity index (χ1n) is 3.63. The molecule has 0 atom stereocenters. The van der Waals surface area contributed by atoms with Crippen LogP contribution in [0.3, 0.4) is 0 Å². The van der Waals surface area contributed by atoms with Gasteiger partial charge in [0.25, 0.3) is 0 Å². The van der Waals surface area contributed by atoms with E-state index in [-0.39, 0.29) is 41.3 Å². The summed E-state index contributed by atoms with van der Waals surface area (Å²) in [6.45, 7) is 3.11. The van der Waals surface area contributed by atoms with Gasteiger partial charge in [-0.25, -0.2) is 0 Å². The van der Waals surface area contributed by atoms with Crippen LogP contribution in [0.1, 0.15) is 11.1 Å². The second-order valence-corrected chi connectivity index (χ2v) is 2.76. The summed E-state index contributed by atoms with van der Waals surface area (Å²) in [5.41, 5.74) is 3.96. The predicted molar refractivity (Wildman–Crippen MR) is 42.8 cm³/mol. The molecule has 1 aromatic carbocycles. The molecule has 0 aromatic heterocycles. The SMILES string of the molecule is Cc1ccc2c(c1)CC[N-]2.[Pr]. The van der Waals surface area contributed by atoms with Crippen molar-refractivity contribution in [3.63, 3.8) is 0 Å². The van der Waals surface area contributed by atoms with Gasteiger partial charge in [-0.05, 0) is 13.3 Å². The van der Waals surface area contributed by atoms with Crippen LogP contribution in [0, 0.1) is 48.2 Å². The predicted octanol–water partition coefficient (Wildman–Crippen LogP) is 2.56. The summed E-state index contributed by atoms with van der Waals surface area (Å²) in [7, 11) is 0. The Bertz CT molecular complexity index is 258. The van der Waals surface area contributed by atoms with Crippen LogP contribution in [-0.2, 0) is 6.42 Å². The van der Waals surface area contributed by atoms with Gasteiger partial charge < -0.3 is 5.32 Å². The van der Waals surface area contributed by atoms with E-state index in [1.54, 1.807) is 0 Å². The first-order valence-corrected chi connectivity index (χ1v) is 3.63. The number of fused-ring (bicyclic) bond motifs is 1. The normalized spacial score (nSPS) is 13.2. The summed E-state index contributed by atoms with van der Waals surface area (Å²) < 4.78 is 0. The molecule has 11 heavy (non-hydrogen) atoms. The van der Waals surface area contributed by atoms with Gasteiger partial charge in [0.15, 0.2) is 0 Å². The van der Waals surface area contributed by atoms with Crippen LogP contribution in [0.2, 0.25) is 0 Å². The Morgan fingerprint density at radius 1 is 1.36 bits per heavy atom. The minimum atomic E-state index is 0. The van der Waals surface area contributed by atoms with Crippen LogP contribution < -0.4 is 0 Å². The molecule has 0 fully saturated rings. The van der Waals surface area contributed by atoms with E-state index in [2.05, 4.69) is 30.4 Å². The molecule has 2 heteroatoms. The zero-order valence-electron chi connectivity index (χ0n) is 6.67. The molecule has 0 bridgehead atoms. The number of rotatable bonds is 0. The van der Waals surface area contributed by atoms with Crippen molar-refractivity contribution in [2.75, 3.05) is 6.54 Å². The fraction of sp³-hybridized carbons (Fsp3) is 0.333. The third-order valence-electron chi connectivity index (χ3n) is 1.90. The summed E-state index contributed by atoms with van der Waals surface area (Å²) >= 11 is 0. The maximum Gasteiger partial charge on any atom is 0 e. The maximum absolute atomic E-state index is 4.34. The van der Waals surface area contributed by atoms with E-state index in [1.807, 2.05) is 0 Å². The van der Waals surface area contributed by atoms with Crippen molar-refractivity contribution in [3.05, 3.63) is 34.6 Å². The number of aryl methyl sites for hydroxylation is 1. The zero-order valence-corrected chi connectivity index (χ0v) is 10.4. The second-order valence-electron chi connectivity index (χ2n) is 2.76. The standard InChI is InChI=1S/C9H10N.Pr/c1-7-2-3-9-8(6-7)4-5-10-9;/h2-3,6H,4-5H2,1H3;/q-1;. The Balaban J connectivity index is 0.000000605. The van der Waals surface area contributed by atoms with Gasteiger partial charge in [0.2, 0.25) is 0 Å². The van der Waals surface area contributed by atoms with E-state index in [4.69, 9.17) is 0 Å². The van der Waals surface area contributed by atoms with E-state index in [1.165, 1.54) is 16.8 Å². The first-order chi connectivity index (χ1) is 4.86. The van der Waals surface area contributed by atoms with Crippen LogP contribution in [-0.4, -0.2) is 6.54 Å². The average Bonchev–Trinajstić information content (AvgIpc) is 2.33. The topological polar surface area (TPSA) is 14.1 Å². The number of nitrogens with zero attached hydrogens (tertiary/aromatic N) is 1. The van der Waals surface area contributed by atoms with Crippen molar-refractivity contribution in [2.45, 2.75) is 13.3 Å². The van der Waals surface area contributed by atoms with Gasteiger partial charge in [-0.3, -0.25) is 0 Å². The maximum atomic E-state index is 4.34. The fourth-order valence-corrected chi connectivity index (χ4v) is 1.37. The minimum absolute atomic E-state index is 0. The molecule has 1 aliphatic heterocycles. The molecule has 0 saturated heterocycles. The minimum Gasteiger partial charge on any atom is -0.684 e. The molecular formula is C9H10NPr-. The first kappa shape index (κ1) is 9.47. The molecule has 0 N–H and O–H groups in total. The molecule has 1 heterocycles. The van der Waals surface area contributed by atoms with Crippen LogP contribution in [0.4, 0.5) is 5.69 Å². The van der Waals surface area contributed by atoms with Gasteiger partial charge in [-0.2, -0.15) is 0 Å². The van der Waals surface area contributed by atoms with Gasteiger partial charge in [0, 0.05) is 41.3 Å². The van der Waals surface area contributed by atoms with Crippen LogP contribution in [0.15, 0.2) is 18.2 Å². The zero-order chi connectivity index (χ0) is 6.97. The van der Waals surface area contributed by atoms with Crippen molar-refractivity contribution < 1.29 is 41.3 Å². The third kappa shape index (κ3) is 1.94. The van der Waals surface area contributed by atoms with Crippen molar-refractivity contribution in [1.82, 2.24) is 0 Å². The van der Waals surface area contributed by atoms with E-state index in [9.17, 15) is 0 Å². The quantitative estimate of drug-likeness (QED) is 0.689. The van der Waals surface area contributed by atoms with Gasteiger partial charge in [0.1, 0.15) is 0 Å². The Hall–Kier alpha value is 0.384. The molecule has 1 nitrogen and oxygen atoms in total. The largest absolute Gasteiger partial charge is 0.684 e. The fourth-order valence-electron chi connectivity index (χ4n) is 1.37. The summed E-state index contributed by atoms with van der Waals surface area (Å²) in [5.74, 6) is 0. The molecule has 1 aliphatic rings. The monoisotopic (exact) mass is 273 g/mol. The third-order valence-corrected chi connectivity index (χ3v) is 1.90. The van der Waals surface area contributed by atoms with E-state index in [0.717, 1.165) is 13.0 Å². The summed E-state index contributed by atoms with van der Waals surface area (Å²) in [5, 5.41) is 4.34. The second kappa shape index (κ2) is 3.86. The van der Waals surface area contributed by atoms with Gasteiger partial charge in [0.05, 0.1) is 0 Å². The van der Waals surface area contributed by atoms with Crippen LogP contribution in [0.25, 0.3) is 5.32 Å². The smallest absolute Gasteiger partial charge is 0 e. The van der Waals surface area contributed by atoms with Gasteiger partial charge in [-0.15, -0.1) is 12.2 Å². The van der Waals surface area contributed by atoms with Crippen molar-refractivity contribution in [1.29, 1.82) is 0 Å². The van der Waals surface area contributed by atoms with E-state index in [0.29, 0.717) is 0 Å². The molecule has 55 valence electrons.